The Morgan fingerprint density at radius 3 is 2.70 bits per heavy atom. The van der Waals surface area contributed by atoms with Gasteiger partial charge < -0.3 is 5.11 Å². The third-order valence-electron chi connectivity index (χ3n) is 1.06. The second-order valence-corrected chi connectivity index (χ2v) is 2.91. The van der Waals surface area contributed by atoms with Gasteiger partial charge in [0.1, 0.15) is 5.75 Å². The number of phenolic OH excluding ortho intramolecular Hbond substituents is 1. The van der Waals surface area contributed by atoms with Crippen LogP contribution in [-0.4, -0.2) is 5.11 Å². The molecular formula is C7H4INO. The molecule has 0 spiro atoms. The van der Waals surface area contributed by atoms with E-state index >= 15 is 0 Å². The predicted octanol–water partition coefficient (Wildman–Crippen LogP) is 2.55. The van der Waals surface area contributed by atoms with Crippen LogP contribution in [0.5, 0.6) is 5.75 Å². The van der Waals surface area contributed by atoms with Crippen molar-refractivity contribution in [3.05, 3.63) is 33.2 Å². The van der Waals surface area contributed by atoms with Gasteiger partial charge in [0.25, 0.3) is 0 Å². The molecule has 3 heteroatoms. The van der Waals surface area contributed by atoms with Gasteiger partial charge in [0.05, 0.1) is 6.57 Å². The predicted molar refractivity (Wildman–Crippen MR) is 47.1 cm³/mol. The summed E-state index contributed by atoms with van der Waals surface area (Å²) in [5.41, 5.74) is 0.558. The van der Waals surface area contributed by atoms with Gasteiger partial charge in [0, 0.05) is 3.57 Å². The van der Waals surface area contributed by atoms with Crippen molar-refractivity contribution in [2.45, 2.75) is 0 Å². The molecule has 0 atom stereocenters. The van der Waals surface area contributed by atoms with Gasteiger partial charge >= 0.3 is 0 Å². The first-order valence-corrected chi connectivity index (χ1v) is 3.68. The molecule has 0 aromatic heterocycles. The molecule has 0 aliphatic heterocycles. The van der Waals surface area contributed by atoms with Crippen molar-refractivity contribution in [3.63, 3.8) is 0 Å². The van der Waals surface area contributed by atoms with Crippen LogP contribution in [0.25, 0.3) is 4.85 Å². The van der Waals surface area contributed by atoms with Gasteiger partial charge in [-0.25, -0.2) is 4.85 Å². The summed E-state index contributed by atoms with van der Waals surface area (Å²) in [4.78, 5) is 3.21. The first kappa shape index (κ1) is 7.35. The Morgan fingerprint density at radius 2 is 2.20 bits per heavy atom. The Balaban J connectivity index is 3.20. The minimum absolute atomic E-state index is 0.230. The van der Waals surface area contributed by atoms with Gasteiger partial charge in [0.15, 0.2) is 5.69 Å². The van der Waals surface area contributed by atoms with Crippen LogP contribution < -0.4 is 0 Å². The van der Waals surface area contributed by atoms with E-state index in [0.717, 1.165) is 0 Å². The topological polar surface area (TPSA) is 24.6 Å². The van der Waals surface area contributed by atoms with Crippen LogP contribution >= 0.6 is 22.6 Å². The van der Waals surface area contributed by atoms with Gasteiger partial charge in [-0.05, 0) is 34.7 Å². The van der Waals surface area contributed by atoms with E-state index in [4.69, 9.17) is 11.7 Å². The van der Waals surface area contributed by atoms with Gasteiger partial charge in [0.2, 0.25) is 0 Å². The monoisotopic (exact) mass is 245 g/mol. The molecule has 1 aromatic rings. The fourth-order valence-electron chi connectivity index (χ4n) is 0.565. The lowest BCUT2D eigenvalue weighted by atomic mass is 10.3. The minimum Gasteiger partial charge on any atom is -0.507 e. The van der Waals surface area contributed by atoms with Crippen molar-refractivity contribution in [1.29, 1.82) is 0 Å². The number of phenols is 1. The number of hydrogen-bond acceptors (Lipinski definition) is 1. The maximum atomic E-state index is 9.03. The molecule has 10 heavy (non-hydrogen) atoms. The molecule has 0 amide bonds. The summed E-state index contributed by atoms with van der Waals surface area (Å²) in [5.74, 6) is 0.230. The van der Waals surface area contributed by atoms with Crippen molar-refractivity contribution < 1.29 is 5.11 Å². The zero-order valence-electron chi connectivity index (χ0n) is 5.00. The number of hydrogen-bond donors (Lipinski definition) is 1. The molecule has 0 aliphatic rings. The van der Waals surface area contributed by atoms with Gasteiger partial charge in [-0.2, -0.15) is 0 Å². The van der Waals surface area contributed by atoms with E-state index in [0.29, 0.717) is 9.26 Å². The lowest BCUT2D eigenvalue weighted by Crippen LogP contribution is -1.70. The van der Waals surface area contributed by atoms with Gasteiger partial charge in [-0.15, -0.1) is 0 Å². The van der Waals surface area contributed by atoms with Crippen molar-refractivity contribution in [2.75, 3.05) is 0 Å². The fraction of sp³-hybridized carbons (Fsp3) is 0. The Labute approximate surface area is 72.5 Å². The summed E-state index contributed by atoms with van der Waals surface area (Å²) < 4.78 is 0.714. The molecular weight excluding hydrogens is 241 g/mol. The average Bonchev–Trinajstić information content (AvgIpc) is 1.95. The average molecular weight is 245 g/mol. The first-order chi connectivity index (χ1) is 4.74. The summed E-state index contributed by atoms with van der Waals surface area (Å²) in [5, 5.41) is 9.03. The number of benzene rings is 1. The summed E-state index contributed by atoms with van der Waals surface area (Å²) in [7, 11) is 0. The summed E-state index contributed by atoms with van der Waals surface area (Å²) in [6, 6.07) is 4.75. The summed E-state index contributed by atoms with van der Waals surface area (Å²) in [6.07, 6.45) is 0. The van der Waals surface area contributed by atoms with Crippen molar-refractivity contribution >= 4 is 28.3 Å². The fourth-order valence-corrected chi connectivity index (χ4v) is 1.06. The number of aromatic hydroxyl groups is 1. The van der Waals surface area contributed by atoms with E-state index in [1.54, 1.807) is 12.1 Å². The van der Waals surface area contributed by atoms with E-state index in [-0.39, 0.29) is 5.75 Å². The van der Waals surface area contributed by atoms with E-state index in [9.17, 15) is 0 Å². The molecule has 0 aliphatic carbocycles. The zero-order valence-corrected chi connectivity index (χ0v) is 7.16. The normalized spacial score (nSPS) is 8.80. The zero-order chi connectivity index (χ0) is 7.56. The minimum atomic E-state index is 0.230. The van der Waals surface area contributed by atoms with Crippen LogP contribution in [-0.2, 0) is 0 Å². The number of nitrogens with zero attached hydrogens (tertiary/aromatic N) is 1. The maximum absolute atomic E-state index is 9.03. The van der Waals surface area contributed by atoms with E-state index in [1.165, 1.54) is 6.07 Å². The Kier molecular flexibility index (Phi) is 2.12. The molecule has 0 bridgehead atoms. The molecule has 1 aromatic carbocycles. The highest BCUT2D eigenvalue weighted by Gasteiger charge is 1.96. The standard InChI is InChI=1S/C7H4INO/c1-9-5-2-3-7(10)6(8)4-5/h2-4,10H. The third kappa shape index (κ3) is 1.39. The largest absolute Gasteiger partial charge is 0.507 e. The van der Waals surface area contributed by atoms with Crippen molar-refractivity contribution in [2.24, 2.45) is 0 Å². The van der Waals surface area contributed by atoms with E-state index < -0.39 is 0 Å². The van der Waals surface area contributed by atoms with Crippen LogP contribution in [0, 0.1) is 10.1 Å². The summed E-state index contributed by atoms with van der Waals surface area (Å²) in [6.45, 7) is 6.65. The Bertz CT molecular complexity index is 290. The molecule has 2 nitrogen and oxygen atoms in total. The second-order valence-electron chi connectivity index (χ2n) is 1.75. The number of halogens is 1. The van der Waals surface area contributed by atoms with Gasteiger partial charge in [-0.3, -0.25) is 0 Å². The molecule has 1 rings (SSSR count). The van der Waals surface area contributed by atoms with Gasteiger partial charge in [-0.1, -0.05) is 6.07 Å². The molecule has 50 valence electrons. The lowest BCUT2D eigenvalue weighted by Gasteiger charge is -1.94. The van der Waals surface area contributed by atoms with Crippen molar-refractivity contribution in [1.82, 2.24) is 0 Å². The SMILES string of the molecule is [C-]#[N+]c1ccc(O)c(I)c1. The van der Waals surface area contributed by atoms with Crippen LogP contribution in [0.2, 0.25) is 0 Å². The molecule has 0 radical (unpaired) electrons. The smallest absolute Gasteiger partial charge is 0.188 e. The molecule has 0 saturated carbocycles. The van der Waals surface area contributed by atoms with Crippen LogP contribution in [0.4, 0.5) is 5.69 Å². The highest BCUT2D eigenvalue weighted by molar-refractivity contribution is 14.1. The second kappa shape index (κ2) is 2.88. The Morgan fingerprint density at radius 1 is 1.50 bits per heavy atom. The lowest BCUT2D eigenvalue weighted by molar-refractivity contribution is 0.471. The third-order valence-corrected chi connectivity index (χ3v) is 1.92. The first-order valence-electron chi connectivity index (χ1n) is 2.60. The highest BCUT2D eigenvalue weighted by Crippen LogP contribution is 2.24. The summed E-state index contributed by atoms with van der Waals surface area (Å²) >= 11 is 1.98. The van der Waals surface area contributed by atoms with E-state index in [1.807, 2.05) is 22.6 Å². The highest BCUT2D eigenvalue weighted by atomic mass is 127. The quantitative estimate of drug-likeness (QED) is 0.551. The van der Waals surface area contributed by atoms with Crippen LogP contribution in [0.3, 0.4) is 0 Å². The molecule has 0 unspecified atom stereocenters. The van der Waals surface area contributed by atoms with Crippen molar-refractivity contribution in [3.8, 4) is 5.75 Å². The molecule has 0 heterocycles. The maximum Gasteiger partial charge on any atom is 0.188 e. The molecule has 1 N–H and O–H groups in total. The number of rotatable bonds is 0. The molecule has 0 saturated heterocycles. The van der Waals surface area contributed by atoms with E-state index in [2.05, 4.69) is 4.85 Å². The molecule has 0 fully saturated rings. The van der Waals surface area contributed by atoms with Crippen LogP contribution in [0.1, 0.15) is 0 Å². The Hall–Kier alpha value is -0.760. The van der Waals surface area contributed by atoms with Crippen LogP contribution in [0.15, 0.2) is 18.2 Å².